The molecule has 14 heavy (non-hydrogen) atoms. The Morgan fingerprint density at radius 2 is 2.07 bits per heavy atom. The molecule has 4 heteroatoms. The van der Waals surface area contributed by atoms with Crippen LogP contribution in [-0.2, 0) is 4.79 Å². The van der Waals surface area contributed by atoms with Gasteiger partial charge in [-0.05, 0) is 12.1 Å². The Labute approximate surface area is 89.8 Å². The maximum absolute atomic E-state index is 11.7. The number of para-hydroxylation sites is 1. The van der Waals surface area contributed by atoms with Gasteiger partial charge in [-0.2, -0.15) is 0 Å². The monoisotopic (exact) mass is 253 g/mol. The van der Waals surface area contributed by atoms with Crippen molar-refractivity contribution in [1.82, 2.24) is 0 Å². The quantitative estimate of drug-likeness (QED) is 0.524. The SMILES string of the molecule is CC(=O)N1c2ccccc2C(=O)C1Br. The molecule has 0 N–H and O–H groups in total. The zero-order valence-electron chi connectivity index (χ0n) is 7.53. The molecule has 1 aromatic carbocycles. The van der Waals surface area contributed by atoms with Crippen molar-refractivity contribution < 1.29 is 9.59 Å². The fourth-order valence-corrected chi connectivity index (χ4v) is 2.34. The first-order valence-electron chi connectivity index (χ1n) is 4.20. The lowest BCUT2D eigenvalue weighted by Crippen LogP contribution is -2.34. The van der Waals surface area contributed by atoms with Gasteiger partial charge >= 0.3 is 0 Å². The summed E-state index contributed by atoms with van der Waals surface area (Å²) < 4.78 is 0. The number of halogens is 1. The molecule has 1 atom stereocenters. The van der Waals surface area contributed by atoms with Gasteiger partial charge < -0.3 is 0 Å². The third-order valence-corrected chi connectivity index (χ3v) is 3.04. The summed E-state index contributed by atoms with van der Waals surface area (Å²) in [6, 6.07) is 7.11. The molecule has 0 aliphatic carbocycles. The van der Waals surface area contributed by atoms with E-state index in [1.807, 2.05) is 6.07 Å². The predicted molar refractivity (Wildman–Crippen MR) is 56.6 cm³/mol. The topological polar surface area (TPSA) is 37.4 Å². The van der Waals surface area contributed by atoms with Gasteiger partial charge in [-0.15, -0.1) is 0 Å². The Bertz CT molecular complexity index is 416. The van der Waals surface area contributed by atoms with E-state index in [9.17, 15) is 9.59 Å². The molecule has 1 heterocycles. The number of nitrogens with zero attached hydrogens (tertiary/aromatic N) is 1. The Morgan fingerprint density at radius 3 is 2.71 bits per heavy atom. The molecule has 2 rings (SSSR count). The number of hydrogen-bond donors (Lipinski definition) is 0. The molecule has 3 nitrogen and oxygen atoms in total. The van der Waals surface area contributed by atoms with Gasteiger partial charge in [-0.3, -0.25) is 14.5 Å². The number of hydrogen-bond acceptors (Lipinski definition) is 2. The lowest BCUT2D eigenvalue weighted by Gasteiger charge is -2.17. The van der Waals surface area contributed by atoms with Gasteiger partial charge in [0.05, 0.1) is 5.69 Å². The van der Waals surface area contributed by atoms with Crippen molar-refractivity contribution in [1.29, 1.82) is 0 Å². The fraction of sp³-hybridized carbons (Fsp3) is 0.200. The van der Waals surface area contributed by atoms with E-state index in [0.29, 0.717) is 11.3 Å². The first-order valence-corrected chi connectivity index (χ1v) is 5.11. The van der Waals surface area contributed by atoms with Crippen LogP contribution in [-0.4, -0.2) is 16.6 Å². The Kier molecular flexibility index (Phi) is 2.15. The lowest BCUT2D eigenvalue weighted by atomic mass is 10.1. The summed E-state index contributed by atoms with van der Waals surface area (Å²) in [5.41, 5.74) is 1.29. The molecule has 0 fully saturated rings. The predicted octanol–water partition coefficient (Wildman–Crippen LogP) is 1.96. The molecule has 0 spiro atoms. The zero-order valence-corrected chi connectivity index (χ0v) is 9.11. The van der Waals surface area contributed by atoms with Crippen molar-refractivity contribution in [3.63, 3.8) is 0 Å². The van der Waals surface area contributed by atoms with Crippen LogP contribution in [0.25, 0.3) is 0 Å². The minimum absolute atomic E-state index is 0.0594. The number of carbonyl (C=O) groups is 2. The van der Waals surface area contributed by atoms with Gasteiger partial charge in [-0.25, -0.2) is 0 Å². The molecule has 0 saturated heterocycles. The maximum atomic E-state index is 11.7. The molecular formula is C10H8BrNO2. The fourth-order valence-electron chi connectivity index (χ4n) is 1.59. The van der Waals surface area contributed by atoms with Gasteiger partial charge in [0, 0.05) is 12.5 Å². The van der Waals surface area contributed by atoms with Crippen molar-refractivity contribution in [2.45, 2.75) is 11.9 Å². The molecule has 0 radical (unpaired) electrons. The van der Waals surface area contributed by atoms with Crippen molar-refractivity contribution in [3.05, 3.63) is 29.8 Å². The second-order valence-corrected chi connectivity index (χ2v) is 3.97. The highest BCUT2D eigenvalue weighted by molar-refractivity contribution is 9.10. The Hall–Kier alpha value is -1.16. The molecule has 1 unspecified atom stereocenters. The van der Waals surface area contributed by atoms with E-state index < -0.39 is 4.95 Å². The highest BCUT2D eigenvalue weighted by atomic mass is 79.9. The Balaban J connectivity index is 2.59. The molecule has 1 aliphatic rings. The Morgan fingerprint density at radius 1 is 1.43 bits per heavy atom. The van der Waals surface area contributed by atoms with E-state index in [1.54, 1.807) is 18.2 Å². The summed E-state index contributed by atoms with van der Waals surface area (Å²) in [5, 5.41) is 0. The number of alkyl halides is 1. The first-order chi connectivity index (χ1) is 6.63. The molecule has 0 aromatic heterocycles. The number of ketones is 1. The maximum Gasteiger partial charge on any atom is 0.225 e. The van der Waals surface area contributed by atoms with E-state index in [0.717, 1.165) is 0 Å². The van der Waals surface area contributed by atoms with Crippen LogP contribution >= 0.6 is 15.9 Å². The van der Waals surface area contributed by atoms with E-state index in [-0.39, 0.29) is 11.7 Å². The summed E-state index contributed by atoms with van der Waals surface area (Å²) in [6.45, 7) is 1.45. The van der Waals surface area contributed by atoms with Crippen molar-refractivity contribution in [3.8, 4) is 0 Å². The van der Waals surface area contributed by atoms with Gasteiger partial charge in [0.2, 0.25) is 5.91 Å². The van der Waals surface area contributed by atoms with Crippen LogP contribution in [0, 0.1) is 0 Å². The number of Topliss-reactive ketones (excluding diaryl/α,β-unsaturated/α-hetero) is 1. The largest absolute Gasteiger partial charge is 0.291 e. The van der Waals surface area contributed by atoms with E-state index in [2.05, 4.69) is 15.9 Å². The van der Waals surface area contributed by atoms with E-state index >= 15 is 0 Å². The zero-order chi connectivity index (χ0) is 10.3. The van der Waals surface area contributed by atoms with Crippen LogP contribution in [0.4, 0.5) is 5.69 Å². The van der Waals surface area contributed by atoms with Crippen LogP contribution in [0.3, 0.4) is 0 Å². The van der Waals surface area contributed by atoms with Crippen LogP contribution in [0.2, 0.25) is 0 Å². The average molecular weight is 254 g/mol. The van der Waals surface area contributed by atoms with Crippen molar-refractivity contribution in [2.24, 2.45) is 0 Å². The molecular weight excluding hydrogens is 246 g/mol. The summed E-state index contributed by atoms with van der Waals surface area (Å²) in [4.78, 5) is 23.9. The lowest BCUT2D eigenvalue weighted by molar-refractivity contribution is -0.116. The van der Waals surface area contributed by atoms with Crippen LogP contribution in [0.5, 0.6) is 0 Å². The summed E-state index contributed by atoms with van der Waals surface area (Å²) >= 11 is 3.21. The molecule has 0 saturated carbocycles. The molecule has 0 bridgehead atoms. The second kappa shape index (κ2) is 3.20. The minimum atomic E-state index is -0.544. The number of amides is 1. The average Bonchev–Trinajstić information content (AvgIpc) is 2.41. The van der Waals surface area contributed by atoms with Crippen LogP contribution < -0.4 is 4.90 Å². The molecule has 1 aliphatic heterocycles. The van der Waals surface area contributed by atoms with Gasteiger partial charge in [-0.1, -0.05) is 28.1 Å². The third kappa shape index (κ3) is 1.18. The highest BCUT2D eigenvalue weighted by Crippen LogP contribution is 2.34. The molecule has 72 valence electrons. The third-order valence-electron chi connectivity index (χ3n) is 2.21. The number of benzene rings is 1. The smallest absolute Gasteiger partial charge is 0.225 e. The normalized spacial score (nSPS) is 19.7. The molecule has 1 aromatic rings. The van der Waals surface area contributed by atoms with Crippen molar-refractivity contribution >= 4 is 33.3 Å². The summed E-state index contributed by atoms with van der Waals surface area (Å²) in [6.07, 6.45) is 0. The summed E-state index contributed by atoms with van der Waals surface area (Å²) in [5.74, 6) is -0.194. The molecule has 1 amide bonds. The number of anilines is 1. The van der Waals surface area contributed by atoms with Gasteiger partial charge in [0.15, 0.2) is 10.7 Å². The number of fused-ring (bicyclic) bond motifs is 1. The highest BCUT2D eigenvalue weighted by Gasteiger charge is 2.37. The number of carbonyl (C=O) groups excluding carboxylic acids is 2. The van der Waals surface area contributed by atoms with E-state index in [1.165, 1.54) is 11.8 Å². The van der Waals surface area contributed by atoms with E-state index in [4.69, 9.17) is 0 Å². The summed E-state index contributed by atoms with van der Waals surface area (Å²) in [7, 11) is 0. The van der Waals surface area contributed by atoms with Gasteiger partial charge in [0.25, 0.3) is 0 Å². The van der Waals surface area contributed by atoms with Crippen LogP contribution in [0.15, 0.2) is 24.3 Å². The minimum Gasteiger partial charge on any atom is -0.291 e. The van der Waals surface area contributed by atoms with Gasteiger partial charge in [0.1, 0.15) is 0 Å². The standard InChI is InChI=1S/C10H8BrNO2/c1-6(13)12-8-5-3-2-4-7(8)9(14)10(12)11/h2-5,10H,1H3. The van der Waals surface area contributed by atoms with Crippen LogP contribution in [0.1, 0.15) is 17.3 Å². The first kappa shape index (κ1) is 9.40. The van der Waals surface area contributed by atoms with Crippen molar-refractivity contribution in [2.75, 3.05) is 4.90 Å². The second-order valence-electron chi connectivity index (χ2n) is 3.11. The number of rotatable bonds is 0.